The number of fused-ring (bicyclic) bond motifs is 8. The fraction of sp³-hybridized carbons (Fsp3) is 0.400. The first-order valence-electron chi connectivity index (χ1n) is 17.3. The number of rotatable bonds is 9. The van der Waals surface area contributed by atoms with Gasteiger partial charge in [-0.25, -0.2) is 0 Å². The summed E-state index contributed by atoms with van der Waals surface area (Å²) in [5, 5.41) is 29.5. The number of H-pyrrole nitrogens is 3. The maximum atomic E-state index is 13.5. The summed E-state index contributed by atoms with van der Waals surface area (Å²) in [6.07, 6.45) is 11.2. The third kappa shape index (κ3) is 5.85. The number of esters is 2. The van der Waals surface area contributed by atoms with E-state index in [0.29, 0.717) is 22.6 Å². The van der Waals surface area contributed by atoms with Crippen LogP contribution < -0.4 is 26.6 Å². The molecule has 4 atom stereocenters. The highest BCUT2D eigenvalue weighted by Gasteiger charge is 2.48. The number of hydrogen-bond donors (Lipinski definition) is 6. The van der Waals surface area contributed by atoms with Crippen molar-refractivity contribution >= 4 is 47.6 Å². The van der Waals surface area contributed by atoms with Crippen LogP contribution in [0.5, 0.6) is 0 Å². The number of allylic oxidation sites excluding steroid dienone is 1. The maximum Gasteiger partial charge on any atom is 0.320 e. The molecule has 1 fully saturated rings. The van der Waals surface area contributed by atoms with E-state index in [0.717, 1.165) is 67.7 Å². The van der Waals surface area contributed by atoms with Crippen LogP contribution in [0, 0.1) is 38.5 Å². The van der Waals surface area contributed by atoms with Crippen LogP contribution in [0.1, 0.15) is 78.5 Å². The Balaban J connectivity index is 1.63. The molecule has 1 unspecified atom stereocenters. The first-order chi connectivity index (χ1) is 23.9. The van der Waals surface area contributed by atoms with Gasteiger partial charge in [-0.15, -0.1) is 0 Å². The predicted octanol–water partition coefficient (Wildman–Crippen LogP) is 2.92. The number of ether oxygens (including phenoxy) is 2. The van der Waals surface area contributed by atoms with Crippen molar-refractivity contribution in [2.75, 3.05) is 20.3 Å². The number of aliphatic hydroxyl groups is 2. The van der Waals surface area contributed by atoms with Crippen molar-refractivity contribution in [3.05, 3.63) is 90.1 Å². The van der Waals surface area contributed by atoms with Crippen molar-refractivity contribution in [1.29, 1.82) is 0 Å². The van der Waals surface area contributed by atoms with Gasteiger partial charge in [0.1, 0.15) is 18.3 Å². The molecular weight excluding hydrogens is 632 g/mol. The Morgan fingerprint density at radius 1 is 0.980 bits per heavy atom. The molecule has 6 N–H and O–H groups in total. The highest BCUT2D eigenvalue weighted by Crippen LogP contribution is 2.42. The second-order valence-corrected chi connectivity index (χ2v) is 13.8. The molecule has 0 aromatic carbocycles. The third-order valence-electron chi connectivity index (χ3n) is 10.7. The molecule has 3 aromatic rings. The van der Waals surface area contributed by atoms with Gasteiger partial charge in [0.25, 0.3) is 0 Å². The van der Waals surface area contributed by atoms with Gasteiger partial charge in [-0.3, -0.25) is 9.59 Å². The van der Waals surface area contributed by atoms with Crippen molar-refractivity contribution in [1.82, 2.24) is 20.3 Å². The van der Waals surface area contributed by atoms with Crippen LogP contribution in [0.2, 0.25) is 0 Å². The molecule has 1 saturated heterocycles. The second kappa shape index (κ2) is 13.7. The minimum atomic E-state index is -1.07. The summed E-state index contributed by atoms with van der Waals surface area (Å²) in [6, 6.07) is -0.541. The first kappa shape index (κ1) is 34.9. The quantitative estimate of drug-likeness (QED) is 0.150. The number of aromatic nitrogens is 3. The topological polar surface area (TPSA) is 152 Å². The highest BCUT2D eigenvalue weighted by atomic mass is 16.5. The maximum absolute atomic E-state index is 13.5. The number of carbonyl (C=O) groups is 2. The van der Waals surface area contributed by atoms with Crippen LogP contribution in [0.3, 0.4) is 0 Å². The number of aromatic amines is 3. The van der Waals surface area contributed by atoms with Crippen molar-refractivity contribution in [3.63, 3.8) is 0 Å². The molecule has 50 heavy (non-hydrogen) atoms. The number of aliphatic hydroxyl groups excluding tert-OH is 2. The number of hydrogen-bond acceptors (Lipinski definition) is 7. The summed E-state index contributed by atoms with van der Waals surface area (Å²) in [4.78, 5) is 37.2. The summed E-state index contributed by atoms with van der Waals surface area (Å²) in [5.41, 5.74) is 10.0. The molecule has 8 bridgehead atoms. The van der Waals surface area contributed by atoms with Gasteiger partial charge < -0.3 is 40.0 Å². The molecule has 6 rings (SSSR count). The second-order valence-electron chi connectivity index (χ2n) is 13.8. The van der Waals surface area contributed by atoms with E-state index in [4.69, 9.17) is 9.47 Å². The van der Waals surface area contributed by atoms with Gasteiger partial charge in [0, 0.05) is 56.6 Å². The molecule has 1 aliphatic carbocycles. The van der Waals surface area contributed by atoms with Crippen molar-refractivity contribution in [2.24, 2.45) is 17.8 Å². The highest BCUT2D eigenvalue weighted by molar-refractivity contribution is 5.95. The van der Waals surface area contributed by atoms with Gasteiger partial charge in [-0.1, -0.05) is 25.2 Å². The molecule has 10 heteroatoms. The Bertz CT molecular complexity index is 2200. The van der Waals surface area contributed by atoms with Gasteiger partial charge in [-0.05, 0) is 106 Å². The lowest BCUT2D eigenvalue weighted by atomic mass is 9.79. The lowest BCUT2D eigenvalue weighted by Gasteiger charge is -2.26. The van der Waals surface area contributed by atoms with Gasteiger partial charge in [0.05, 0.1) is 25.1 Å². The Hall–Kier alpha value is -4.96. The van der Waals surface area contributed by atoms with E-state index in [2.05, 4.69) is 52.8 Å². The van der Waals surface area contributed by atoms with E-state index in [1.165, 1.54) is 12.7 Å². The minimum Gasteiger partial charge on any atom is -0.510 e. The van der Waals surface area contributed by atoms with Crippen molar-refractivity contribution in [2.45, 2.75) is 66.8 Å². The molecular formula is C40H48N4O6. The molecule has 3 aliphatic rings. The largest absolute Gasteiger partial charge is 0.510 e. The summed E-state index contributed by atoms with van der Waals surface area (Å²) in [7, 11) is 1.31. The van der Waals surface area contributed by atoms with E-state index >= 15 is 0 Å². The normalized spacial score (nSPS) is 22.8. The van der Waals surface area contributed by atoms with E-state index in [-0.39, 0.29) is 37.3 Å². The Morgan fingerprint density at radius 2 is 1.70 bits per heavy atom. The van der Waals surface area contributed by atoms with Crippen LogP contribution >= 0.6 is 0 Å². The fourth-order valence-electron chi connectivity index (χ4n) is 8.02. The molecule has 3 aromatic heterocycles. The lowest BCUT2D eigenvalue weighted by molar-refractivity contribution is -0.143. The molecule has 264 valence electrons. The van der Waals surface area contributed by atoms with E-state index in [1.54, 1.807) is 0 Å². The average molecular weight is 681 g/mol. The fourth-order valence-corrected chi connectivity index (χ4v) is 8.02. The Morgan fingerprint density at radius 3 is 2.36 bits per heavy atom. The standard InChI is InChI=1S/C40H48N4O6/c1-9-23-21(6)28-16-32-26(18-45)25(11-12-33(46)50-14-13-19(3)4)37(44-32)35-36(40(48)49-8)39(47)34-22(7)29(43-38(34)35)17-31-24(10-2)20(5)27(41-31)15-30(23)42-28/h9,13,15-17,25-26,36-37,41-45,47H,1,10-12,14,18H2,2-8H3/b27-15-,31-17-,32-16-/t25-,26-,36+,37?/m0/s1. The number of carbonyl (C=O) groups excluding carboxylic acids is 2. The summed E-state index contributed by atoms with van der Waals surface area (Å²) < 4.78 is 10.8. The van der Waals surface area contributed by atoms with Gasteiger partial charge in [-0.2, -0.15) is 0 Å². The third-order valence-corrected chi connectivity index (χ3v) is 10.7. The van der Waals surface area contributed by atoms with Crippen LogP contribution in [0.4, 0.5) is 0 Å². The van der Waals surface area contributed by atoms with Crippen LogP contribution in [-0.2, 0) is 25.5 Å². The molecule has 0 saturated carbocycles. The first-order valence-corrected chi connectivity index (χ1v) is 17.3. The van der Waals surface area contributed by atoms with Gasteiger partial charge >= 0.3 is 11.9 Å². The van der Waals surface area contributed by atoms with Crippen molar-refractivity contribution < 1.29 is 29.3 Å². The van der Waals surface area contributed by atoms with Crippen LogP contribution in [0.25, 0.3) is 35.6 Å². The molecule has 0 amide bonds. The average Bonchev–Trinajstić information content (AvgIpc) is 3.83. The molecule has 0 radical (unpaired) electrons. The Labute approximate surface area is 291 Å². The summed E-state index contributed by atoms with van der Waals surface area (Å²) in [5.74, 6) is -2.83. The SMILES string of the molecule is C=Cc1c2[nH]c(c1C)/C=C1\NC(C3=c4[nH]c(c(C)c4=C(O)[C@@H]3C(=O)OC)/C=c3\[nH]/c(c(C)c3CC)=C\2)[C@@H](CCC(=O)OCC=C(C)C)[C@@H]1CO. The van der Waals surface area contributed by atoms with Crippen LogP contribution in [0.15, 0.2) is 23.9 Å². The van der Waals surface area contributed by atoms with E-state index in [9.17, 15) is 19.8 Å². The minimum absolute atomic E-state index is 0.0797. The zero-order chi connectivity index (χ0) is 36.0. The summed E-state index contributed by atoms with van der Waals surface area (Å²) >= 11 is 0. The monoisotopic (exact) mass is 680 g/mol. The number of methoxy groups -OCH3 is 1. The van der Waals surface area contributed by atoms with Gasteiger partial charge in [0.2, 0.25) is 0 Å². The molecule has 5 heterocycles. The Kier molecular flexibility index (Phi) is 9.59. The zero-order valence-corrected chi connectivity index (χ0v) is 30.0. The van der Waals surface area contributed by atoms with Crippen LogP contribution in [-0.4, -0.2) is 63.5 Å². The lowest BCUT2D eigenvalue weighted by Crippen LogP contribution is -2.38. The number of nitrogens with one attached hydrogen (secondary N) is 4. The zero-order valence-electron chi connectivity index (χ0n) is 30.0. The predicted molar refractivity (Wildman–Crippen MR) is 195 cm³/mol. The molecule has 10 nitrogen and oxygen atoms in total. The smallest absolute Gasteiger partial charge is 0.320 e. The molecule has 0 spiro atoms. The van der Waals surface area contributed by atoms with Crippen molar-refractivity contribution in [3.8, 4) is 0 Å². The van der Waals surface area contributed by atoms with E-state index in [1.807, 2.05) is 45.9 Å². The molecule has 2 aliphatic heterocycles. The summed E-state index contributed by atoms with van der Waals surface area (Å²) in [6.45, 7) is 16.2. The van der Waals surface area contributed by atoms with Gasteiger partial charge in [0.15, 0.2) is 0 Å². The van der Waals surface area contributed by atoms with E-state index < -0.39 is 23.8 Å².